The van der Waals surface area contributed by atoms with E-state index in [1.807, 2.05) is 12.1 Å². The lowest BCUT2D eigenvalue weighted by Gasteiger charge is -2.25. The molecule has 1 saturated heterocycles. The number of hydrogen-bond donors (Lipinski definition) is 0. The quantitative estimate of drug-likeness (QED) is 0.787. The first-order chi connectivity index (χ1) is 9.33. The molecule has 3 nitrogen and oxygen atoms in total. The molecular weight excluding hydrogens is 236 g/mol. The molecule has 2 rings (SSSR count). The minimum atomic E-state index is 0.234. The van der Waals surface area contributed by atoms with Crippen LogP contribution in [0.25, 0.3) is 0 Å². The predicted molar refractivity (Wildman–Crippen MR) is 76.1 cm³/mol. The zero-order valence-electron chi connectivity index (χ0n) is 11.6. The molecule has 0 aromatic heterocycles. The van der Waals surface area contributed by atoms with E-state index in [1.165, 1.54) is 18.4 Å². The SMILES string of the molecule is CCc1cccc(OCC(CC#N)N2CCCC2)c1. The van der Waals surface area contributed by atoms with Gasteiger partial charge in [0.15, 0.2) is 0 Å². The Hall–Kier alpha value is -1.53. The van der Waals surface area contributed by atoms with E-state index in [1.54, 1.807) is 0 Å². The van der Waals surface area contributed by atoms with Crippen LogP contribution >= 0.6 is 0 Å². The summed E-state index contributed by atoms with van der Waals surface area (Å²) >= 11 is 0. The number of benzene rings is 1. The Kier molecular flexibility index (Phi) is 5.23. The van der Waals surface area contributed by atoms with Gasteiger partial charge in [-0.3, -0.25) is 4.90 Å². The van der Waals surface area contributed by atoms with Crippen molar-refractivity contribution in [1.29, 1.82) is 5.26 Å². The normalized spacial score (nSPS) is 17.1. The maximum absolute atomic E-state index is 8.94. The number of hydrogen-bond acceptors (Lipinski definition) is 3. The summed E-state index contributed by atoms with van der Waals surface area (Å²) in [6, 6.07) is 10.7. The lowest BCUT2D eigenvalue weighted by molar-refractivity contribution is 0.162. The predicted octanol–water partition coefficient (Wildman–Crippen LogP) is 3.01. The van der Waals surface area contributed by atoms with E-state index in [4.69, 9.17) is 10.00 Å². The molecule has 19 heavy (non-hydrogen) atoms. The summed E-state index contributed by atoms with van der Waals surface area (Å²) in [6.07, 6.45) is 4.05. The summed E-state index contributed by atoms with van der Waals surface area (Å²) in [7, 11) is 0. The fourth-order valence-corrected chi connectivity index (χ4v) is 2.55. The van der Waals surface area contributed by atoms with Crippen LogP contribution in [0.5, 0.6) is 5.75 Å². The third kappa shape index (κ3) is 3.97. The highest BCUT2D eigenvalue weighted by Crippen LogP contribution is 2.18. The van der Waals surface area contributed by atoms with Crippen LogP contribution in [0, 0.1) is 11.3 Å². The van der Waals surface area contributed by atoms with Crippen molar-refractivity contribution in [3.63, 3.8) is 0 Å². The van der Waals surface area contributed by atoms with Crippen LogP contribution in [-0.2, 0) is 6.42 Å². The van der Waals surface area contributed by atoms with E-state index >= 15 is 0 Å². The number of ether oxygens (including phenoxy) is 1. The molecule has 0 aliphatic carbocycles. The lowest BCUT2D eigenvalue weighted by atomic mass is 10.1. The lowest BCUT2D eigenvalue weighted by Crippen LogP contribution is -2.37. The summed E-state index contributed by atoms with van der Waals surface area (Å²) in [6.45, 7) is 4.96. The van der Waals surface area contributed by atoms with Gasteiger partial charge in [0.25, 0.3) is 0 Å². The van der Waals surface area contributed by atoms with E-state index in [0.29, 0.717) is 13.0 Å². The molecule has 0 spiro atoms. The summed E-state index contributed by atoms with van der Waals surface area (Å²) < 4.78 is 5.88. The Labute approximate surface area is 115 Å². The molecule has 0 radical (unpaired) electrons. The molecule has 3 heteroatoms. The smallest absolute Gasteiger partial charge is 0.119 e. The van der Waals surface area contributed by atoms with Crippen LogP contribution in [0.3, 0.4) is 0 Å². The molecule has 1 aliphatic rings. The van der Waals surface area contributed by atoms with Crippen molar-refractivity contribution in [2.24, 2.45) is 0 Å². The molecule has 1 aromatic carbocycles. The monoisotopic (exact) mass is 258 g/mol. The maximum atomic E-state index is 8.94. The van der Waals surface area contributed by atoms with Gasteiger partial charge >= 0.3 is 0 Å². The highest BCUT2D eigenvalue weighted by atomic mass is 16.5. The Balaban J connectivity index is 1.92. The highest BCUT2D eigenvalue weighted by Gasteiger charge is 2.22. The van der Waals surface area contributed by atoms with Gasteiger partial charge in [-0.15, -0.1) is 0 Å². The fourth-order valence-electron chi connectivity index (χ4n) is 2.55. The number of likely N-dealkylation sites (tertiary alicyclic amines) is 1. The minimum absolute atomic E-state index is 0.234. The van der Waals surface area contributed by atoms with Crippen molar-refractivity contribution in [1.82, 2.24) is 4.90 Å². The molecule has 1 unspecified atom stereocenters. The zero-order valence-corrected chi connectivity index (χ0v) is 11.6. The van der Waals surface area contributed by atoms with E-state index in [-0.39, 0.29) is 6.04 Å². The summed E-state index contributed by atoms with van der Waals surface area (Å²) in [5.41, 5.74) is 1.29. The number of nitriles is 1. The third-order valence-corrected chi connectivity index (χ3v) is 3.73. The van der Waals surface area contributed by atoms with Crippen LogP contribution in [0.2, 0.25) is 0 Å². The Bertz CT molecular complexity index is 433. The molecule has 0 saturated carbocycles. The van der Waals surface area contributed by atoms with Crippen molar-refractivity contribution in [2.75, 3.05) is 19.7 Å². The topological polar surface area (TPSA) is 36.3 Å². The Morgan fingerprint density at radius 1 is 1.37 bits per heavy atom. The average molecular weight is 258 g/mol. The van der Waals surface area contributed by atoms with E-state index < -0.39 is 0 Å². The van der Waals surface area contributed by atoms with Gasteiger partial charge in [-0.1, -0.05) is 19.1 Å². The van der Waals surface area contributed by atoms with Crippen molar-refractivity contribution in [3.05, 3.63) is 29.8 Å². The van der Waals surface area contributed by atoms with Gasteiger partial charge in [0, 0.05) is 0 Å². The molecule has 0 N–H and O–H groups in total. The van der Waals surface area contributed by atoms with Gasteiger partial charge in [-0.25, -0.2) is 0 Å². The molecule has 1 atom stereocenters. The van der Waals surface area contributed by atoms with Crippen LogP contribution in [0.1, 0.15) is 31.7 Å². The average Bonchev–Trinajstić information content (AvgIpc) is 2.97. The first kappa shape index (κ1) is 13.9. The molecule has 1 aromatic rings. The Morgan fingerprint density at radius 3 is 2.84 bits per heavy atom. The minimum Gasteiger partial charge on any atom is -0.492 e. The van der Waals surface area contributed by atoms with Crippen molar-refractivity contribution < 1.29 is 4.74 Å². The first-order valence-corrected chi connectivity index (χ1v) is 7.16. The van der Waals surface area contributed by atoms with Gasteiger partial charge < -0.3 is 4.74 Å². The summed E-state index contributed by atoms with van der Waals surface area (Å²) in [4.78, 5) is 2.38. The third-order valence-electron chi connectivity index (χ3n) is 3.73. The molecule has 1 fully saturated rings. The van der Waals surface area contributed by atoms with Gasteiger partial charge in [0.1, 0.15) is 12.4 Å². The van der Waals surface area contributed by atoms with Crippen LogP contribution in [0.15, 0.2) is 24.3 Å². The Morgan fingerprint density at radius 2 is 2.16 bits per heavy atom. The van der Waals surface area contributed by atoms with Crippen LogP contribution in [0.4, 0.5) is 0 Å². The van der Waals surface area contributed by atoms with Gasteiger partial charge in [0.2, 0.25) is 0 Å². The van der Waals surface area contributed by atoms with E-state index in [2.05, 4.69) is 30.0 Å². The second-order valence-electron chi connectivity index (χ2n) is 5.07. The van der Waals surface area contributed by atoms with Gasteiger partial charge in [-0.2, -0.15) is 5.26 Å². The van der Waals surface area contributed by atoms with Crippen molar-refractivity contribution >= 4 is 0 Å². The molecule has 1 aliphatic heterocycles. The summed E-state index contributed by atoms with van der Waals surface area (Å²) in [5.74, 6) is 0.918. The molecule has 0 amide bonds. The molecule has 0 bridgehead atoms. The number of rotatable bonds is 6. The summed E-state index contributed by atoms with van der Waals surface area (Å²) in [5, 5.41) is 8.94. The van der Waals surface area contributed by atoms with Gasteiger partial charge in [0.05, 0.1) is 18.5 Å². The van der Waals surface area contributed by atoms with Crippen LogP contribution < -0.4 is 4.74 Å². The van der Waals surface area contributed by atoms with Crippen molar-refractivity contribution in [3.8, 4) is 11.8 Å². The van der Waals surface area contributed by atoms with E-state index in [0.717, 1.165) is 25.3 Å². The van der Waals surface area contributed by atoms with Crippen LogP contribution in [-0.4, -0.2) is 30.6 Å². The second kappa shape index (κ2) is 7.16. The molecule has 102 valence electrons. The molecule has 1 heterocycles. The maximum Gasteiger partial charge on any atom is 0.119 e. The molecular formula is C16H22N2O. The first-order valence-electron chi connectivity index (χ1n) is 7.16. The highest BCUT2D eigenvalue weighted by molar-refractivity contribution is 5.28. The number of aryl methyl sites for hydroxylation is 1. The van der Waals surface area contributed by atoms with Crippen molar-refractivity contribution in [2.45, 2.75) is 38.6 Å². The van der Waals surface area contributed by atoms with E-state index in [9.17, 15) is 0 Å². The zero-order chi connectivity index (χ0) is 13.5. The van der Waals surface area contributed by atoms with Gasteiger partial charge in [-0.05, 0) is 50.0 Å². The number of nitrogens with zero attached hydrogens (tertiary/aromatic N) is 2. The fraction of sp³-hybridized carbons (Fsp3) is 0.562. The second-order valence-corrected chi connectivity index (χ2v) is 5.07. The standard InChI is InChI=1S/C16H22N2O/c1-2-14-6-5-7-16(12-14)19-13-15(8-9-17)18-10-3-4-11-18/h5-7,12,15H,2-4,8,10-11,13H2,1H3. The largest absolute Gasteiger partial charge is 0.492 e.